The molecule has 0 fully saturated rings. The van der Waals surface area contributed by atoms with Gasteiger partial charge in [0.25, 0.3) is 6.43 Å². The van der Waals surface area contributed by atoms with Crippen LogP contribution >= 0.6 is 0 Å². The highest BCUT2D eigenvalue weighted by molar-refractivity contribution is 5.90. The summed E-state index contributed by atoms with van der Waals surface area (Å²) in [4.78, 5) is 14.3. The van der Waals surface area contributed by atoms with Crippen molar-refractivity contribution in [2.75, 3.05) is 0 Å². The highest BCUT2D eigenvalue weighted by atomic mass is 19.3. The average molecular weight is 227 g/mol. The van der Waals surface area contributed by atoms with Crippen LogP contribution in [0.4, 0.5) is 8.78 Å². The highest BCUT2D eigenvalue weighted by Gasteiger charge is 2.12. The zero-order chi connectivity index (χ0) is 11.7. The fourth-order valence-corrected chi connectivity index (χ4v) is 1.37. The number of halogens is 2. The molecule has 0 amide bonds. The first-order valence-electron chi connectivity index (χ1n) is 4.41. The zero-order valence-corrected chi connectivity index (χ0v) is 7.97. The summed E-state index contributed by atoms with van der Waals surface area (Å²) in [5.41, 5.74) is 0.149. The van der Waals surface area contributed by atoms with Crippen LogP contribution in [-0.4, -0.2) is 32.3 Å². The third-order valence-electron chi connectivity index (χ3n) is 2.06. The van der Waals surface area contributed by atoms with Gasteiger partial charge in [-0.05, 0) is 6.07 Å². The molecule has 0 bridgehead atoms. The molecule has 0 spiro atoms. The van der Waals surface area contributed by atoms with Gasteiger partial charge in [0.05, 0.1) is 11.7 Å². The lowest BCUT2D eigenvalue weighted by molar-refractivity contribution is 0.0690. The first kappa shape index (κ1) is 10.5. The summed E-state index contributed by atoms with van der Waals surface area (Å²) in [5.74, 6) is -1.20. The fourth-order valence-electron chi connectivity index (χ4n) is 1.37. The Morgan fingerprint density at radius 3 is 2.88 bits per heavy atom. The quantitative estimate of drug-likeness (QED) is 0.860. The molecule has 0 unspecified atom stereocenters. The summed E-state index contributed by atoms with van der Waals surface area (Å²) in [6, 6.07) is 1.23. The molecule has 0 aliphatic heterocycles. The van der Waals surface area contributed by atoms with Crippen molar-refractivity contribution in [3.63, 3.8) is 0 Å². The Hall–Kier alpha value is -2.05. The van der Waals surface area contributed by atoms with Crippen LogP contribution in [0.1, 0.15) is 10.5 Å². The molecule has 5 nitrogen and oxygen atoms in total. The number of hydrogen-bond acceptors (Lipinski definition) is 3. The van der Waals surface area contributed by atoms with Crippen LogP contribution in [0.2, 0.25) is 0 Å². The molecular formula is C9H7F2N3O2. The molecule has 2 rings (SSSR count). The molecule has 2 aromatic heterocycles. The molecule has 2 heterocycles. The molecule has 0 saturated carbocycles. The zero-order valence-electron chi connectivity index (χ0n) is 7.97. The second-order valence-corrected chi connectivity index (χ2v) is 3.15. The van der Waals surface area contributed by atoms with E-state index in [4.69, 9.17) is 5.11 Å². The summed E-state index contributed by atoms with van der Waals surface area (Å²) in [5, 5.41) is 13.0. The molecule has 0 aliphatic rings. The maximum Gasteiger partial charge on any atom is 0.354 e. The van der Waals surface area contributed by atoms with E-state index in [1.807, 2.05) is 0 Å². The smallest absolute Gasteiger partial charge is 0.354 e. The minimum Gasteiger partial charge on any atom is -0.477 e. The Balaban J connectivity index is 2.51. The van der Waals surface area contributed by atoms with Crippen LogP contribution in [0.3, 0.4) is 0 Å². The van der Waals surface area contributed by atoms with Crippen LogP contribution in [-0.2, 0) is 6.54 Å². The van der Waals surface area contributed by atoms with Gasteiger partial charge in [0.1, 0.15) is 12.2 Å². The number of fused-ring (bicyclic) bond motifs is 1. The van der Waals surface area contributed by atoms with E-state index in [1.165, 1.54) is 18.5 Å². The SMILES string of the molecule is O=C(O)c1cc2c(cn1)cnn2CC(F)F. The Morgan fingerprint density at radius 1 is 1.50 bits per heavy atom. The Bertz CT molecular complexity index is 539. The van der Waals surface area contributed by atoms with E-state index in [0.29, 0.717) is 10.9 Å². The van der Waals surface area contributed by atoms with Crippen molar-refractivity contribution in [2.45, 2.75) is 13.0 Å². The predicted molar refractivity (Wildman–Crippen MR) is 50.5 cm³/mol. The molecule has 1 N–H and O–H groups in total. The number of carboxylic acid groups (broad SMARTS) is 1. The first-order chi connectivity index (χ1) is 7.58. The molecule has 7 heteroatoms. The molecule has 0 aliphatic carbocycles. The number of carboxylic acids is 1. The Labute approximate surface area is 88.3 Å². The van der Waals surface area contributed by atoms with Crippen LogP contribution in [0.15, 0.2) is 18.5 Å². The van der Waals surface area contributed by atoms with Gasteiger partial charge in [0.2, 0.25) is 0 Å². The minimum absolute atomic E-state index is 0.191. The fraction of sp³-hybridized carbons (Fsp3) is 0.222. The van der Waals surface area contributed by atoms with Gasteiger partial charge in [-0.2, -0.15) is 5.10 Å². The van der Waals surface area contributed by atoms with Gasteiger partial charge in [-0.25, -0.2) is 18.6 Å². The van der Waals surface area contributed by atoms with Crippen LogP contribution in [0, 0.1) is 0 Å². The van der Waals surface area contributed by atoms with E-state index in [0.717, 1.165) is 4.68 Å². The second-order valence-electron chi connectivity index (χ2n) is 3.15. The number of hydrogen-bond donors (Lipinski definition) is 1. The van der Waals surface area contributed by atoms with E-state index >= 15 is 0 Å². The van der Waals surface area contributed by atoms with Gasteiger partial charge < -0.3 is 5.11 Å². The van der Waals surface area contributed by atoms with Crippen LogP contribution in [0.25, 0.3) is 10.9 Å². The standard InChI is InChI=1S/C9H7F2N3O2/c10-8(11)4-14-7-1-6(9(15)16)12-2-5(7)3-13-14/h1-3,8H,4H2,(H,15,16). The van der Waals surface area contributed by atoms with Gasteiger partial charge in [0.15, 0.2) is 0 Å². The van der Waals surface area contributed by atoms with Crippen molar-refractivity contribution in [1.29, 1.82) is 0 Å². The van der Waals surface area contributed by atoms with Gasteiger partial charge in [-0.15, -0.1) is 0 Å². The molecule has 0 atom stereocenters. The molecular weight excluding hydrogens is 220 g/mol. The van der Waals surface area contributed by atoms with Gasteiger partial charge in [-0.3, -0.25) is 4.68 Å². The molecule has 0 radical (unpaired) electrons. The van der Waals surface area contributed by atoms with Gasteiger partial charge >= 0.3 is 5.97 Å². The summed E-state index contributed by atoms with van der Waals surface area (Å²) in [6.07, 6.45) is 0.133. The number of carbonyl (C=O) groups is 1. The summed E-state index contributed by atoms with van der Waals surface area (Å²) >= 11 is 0. The lowest BCUT2D eigenvalue weighted by Gasteiger charge is -2.02. The van der Waals surface area contributed by atoms with E-state index in [1.54, 1.807) is 0 Å². The maximum absolute atomic E-state index is 12.2. The molecule has 0 aromatic carbocycles. The third kappa shape index (κ3) is 1.83. The Morgan fingerprint density at radius 2 is 2.25 bits per heavy atom. The number of aromatic carboxylic acids is 1. The van der Waals surface area contributed by atoms with Crippen molar-refractivity contribution in [1.82, 2.24) is 14.8 Å². The lowest BCUT2D eigenvalue weighted by Crippen LogP contribution is -2.08. The lowest BCUT2D eigenvalue weighted by atomic mass is 10.3. The molecule has 2 aromatic rings. The summed E-state index contributed by atoms with van der Waals surface area (Å²) in [6.45, 7) is -0.563. The van der Waals surface area contributed by atoms with Gasteiger partial charge in [-0.1, -0.05) is 0 Å². The number of rotatable bonds is 3. The highest BCUT2D eigenvalue weighted by Crippen LogP contribution is 2.14. The number of nitrogens with zero attached hydrogens (tertiary/aromatic N) is 3. The normalized spacial score (nSPS) is 11.2. The number of alkyl halides is 2. The van der Waals surface area contributed by atoms with E-state index in [9.17, 15) is 13.6 Å². The largest absolute Gasteiger partial charge is 0.477 e. The summed E-state index contributed by atoms with van der Waals surface area (Å²) < 4.78 is 25.4. The van der Waals surface area contributed by atoms with Crippen molar-refractivity contribution in [2.24, 2.45) is 0 Å². The first-order valence-corrected chi connectivity index (χ1v) is 4.41. The van der Waals surface area contributed by atoms with Crippen molar-refractivity contribution >= 4 is 16.9 Å². The van der Waals surface area contributed by atoms with E-state index in [2.05, 4.69) is 10.1 Å². The van der Waals surface area contributed by atoms with Crippen molar-refractivity contribution in [3.05, 3.63) is 24.2 Å². The topological polar surface area (TPSA) is 68.0 Å². The number of aromatic nitrogens is 3. The molecule has 84 valence electrons. The van der Waals surface area contributed by atoms with Crippen LogP contribution in [0.5, 0.6) is 0 Å². The average Bonchev–Trinajstić information content (AvgIpc) is 2.60. The maximum atomic E-state index is 12.2. The van der Waals surface area contributed by atoms with E-state index in [-0.39, 0.29) is 5.69 Å². The van der Waals surface area contributed by atoms with Gasteiger partial charge in [0, 0.05) is 11.6 Å². The predicted octanol–water partition coefficient (Wildman–Crippen LogP) is 1.39. The van der Waals surface area contributed by atoms with E-state index < -0.39 is 18.9 Å². The Kier molecular flexibility index (Phi) is 2.51. The number of pyridine rings is 1. The third-order valence-corrected chi connectivity index (χ3v) is 2.06. The van der Waals surface area contributed by atoms with Crippen molar-refractivity contribution < 1.29 is 18.7 Å². The monoisotopic (exact) mass is 227 g/mol. The summed E-state index contributed by atoms with van der Waals surface area (Å²) in [7, 11) is 0. The molecule has 0 saturated heterocycles. The molecule has 16 heavy (non-hydrogen) atoms. The second kappa shape index (κ2) is 3.84. The van der Waals surface area contributed by atoms with Crippen molar-refractivity contribution in [3.8, 4) is 0 Å². The minimum atomic E-state index is -2.54. The van der Waals surface area contributed by atoms with Crippen LogP contribution < -0.4 is 0 Å².